The minimum Gasteiger partial charge on any atom is -0.507 e. The molecule has 0 bridgehead atoms. The first-order chi connectivity index (χ1) is 12.3. The SMILES string of the molecule is CCOC(=O)c1ccc(Br)c(OCC)c1.O=C(O)c1ccc(Br)c(O)c1. The Morgan fingerprint density at radius 2 is 1.58 bits per heavy atom. The summed E-state index contributed by atoms with van der Waals surface area (Å²) in [5.74, 6) is -0.785. The van der Waals surface area contributed by atoms with Crippen molar-refractivity contribution in [1.29, 1.82) is 0 Å². The second-order valence-electron chi connectivity index (χ2n) is 4.77. The van der Waals surface area contributed by atoms with Gasteiger partial charge in [0.1, 0.15) is 11.5 Å². The van der Waals surface area contributed by atoms with Gasteiger partial charge >= 0.3 is 11.9 Å². The lowest BCUT2D eigenvalue weighted by atomic mass is 10.2. The first kappa shape index (κ1) is 22.0. The van der Waals surface area contributed by atoms with Gasteiger partial charge in [0, 0.05) is 0 Å². The van der Waals surface area contributed by atoms with Crippen LogP contribution in [0.3, 0.4) is 0 Å². The van der Waals surface area contributed by atoms with Gasteiger partial charge in [-0.05, 0) is 82.1 Å². The molecule has 0 fully saturated rings. The van der Waals surface area contributed by atoms with Crippen molar-refractivity contribution in [3.63, 3.8) is 0 Å². The van der Waals surface area contributed by atoms with E-state index in [9.17, 15) is 9.59 Å². The number of aromatic carboxylic acids is 1. The summed E-state index contributed by atoms with van der Waals surface area (Å²) in [7, 11) is 0. The first-order valence-electron chi connectivity index (χ1n) is 7.61. The molecule has 0 unspecified atom stereocenters. The van der Waals surface area contributed by atoms with Crippen LogP contribution in [0.4, 0.5) is 0 Å². The third kappa shape index (κ3) is 6.68. The van der Waals surface area contributed by atoms with Gasteiger partial charge in [-0.1, -0.05) is 0 Å². The number of halogens is 2. The number of hydrogen-bond donors (Lipinski definition) is 2. The number of carbonyl (C=O) groups is 2. The molecule has 2 N–H and O–H groups in total. The summed E-state index contributed by atoms with van der Waals surface area (Å²) in [4.78, 5) is 21.8. The molecule has 0 aromatic heterocycles. The number of aromatic hydroxyl groups is 1. The average Bonchev–Trinajstić information content (AvgIpc) is 2.60. The van der Waals surface area contributed by atoms with Crippen molar-refractivity contribution in [3.05, 3.63) is 56.5 Å². The number of carbonyl (C=O) groups excluding carboxylic acids is 1. The van der Waals surface area contributed by atoms with Crippen molar-refractivity contribution < 1.29 is 29.3 Å². The van der Waals surface area contributed by atoms with E-state index < -0.39 is 5.97 Å². The predicted octanol–water partition coefficient (Wildman–Crippen LogP) is 4.88. The largest absolute Gasteiger partial charge is 0.507 e. The van der Waals surface area contributed by atoms with Crippen molar-refractivity contribution in [2.45, 2.75) is 13.8 Å². The zero-order valence-electron chi connectivity index (χ0n) is 14.2. The van der Waals surface area contributed by atoms with Crippen LogP contribution >= 0.6 is 31.9 Å². The van der Waals surface area contributed by atoms with Crippen LogP contribution in [0.25, 0.3) is 0 Å². The van der Waals surface area contributed by atoms with Gasteiger partial charge in [0.2, 0.25) is 0 Å². The fraction of sp³-hybridized carbons (Fsp3) is 0.222. The molecule has 0 amide bonds. The Labute approximate surface area is 168 Å². The van der Waals surface area contributed by atoms with Crippen LogP contribution in [0.15, 0.2) is 45.3 Å². The maximum atomic E-state index is 11.4. The molecule has 26 heavy (non-hydrogen) atoms. The van der Waals surface area contributed by atoms with E-state index in [0.29, 0.717) is 29.0 Å². The molecule has 2 aromatic rings. The van der Waals surface area contributed by atoms with Crippen LogP contribution in [-0.4, -0.2) is 35.4 Å². The van der Waals surface area contributed by atoms with Crippen molar-refractivity contribution in [2.24, 2.45) is 0 Å². The maximum absolute atomic E-state index is 11.4. The van der Waals surface area contributed by atoms with Crippen LogP contribution in [-0.2, 0) is 4.74 Å². The number of benzene rings is 2. The number of carboxylic acids is 1. The molecule has 0 heterocycles. The molecule has 140 valence electrons. The van der Waals surface area contributed by atoms with Crippen LogP contribution in [0.5, 0.6) is 11.5 Å². The Balaban J connectivity index is 0.000000273. The normalized spacial score (nSPS) is 9.69. The average molecular weight is 490 g/mol. The monoisotopic (exact) mass is 488 g/mol. The number of rotatable bonds is 5. The van der Waals surface area contributed by atoms with Gasteiger partial charge < -0.3 is 19.7 Å². The predicted molar refractivity (Wildman–Crippen MR) is 104 cm³/mol. The zero-order chi connectivity index (χ0) is 19.7. The molecular formula is C18H18Br2O6. The third-order valence-electron chi connectivity index (χ3n) is 2.94. The number of carboxylic acid groups (broad SMARTS) is 1. The molecule has 2 aromatic carbocycles. The molecule has 6 nitrogen and oxygen atoms in total. The standard InChI is InChI=1S/C11H13BrO3.C7H5BrO3/c1-3-14-10-7-8(5-6-9(10)12)11(13)15-4-2;8-5-2-1-4(7(10)11)3-6(5)9/h5-7H,3-4H2,1-2H3;1-3,9H,(H,10,11). The summed E-state index contributed by atoms with van der Waals surface area (Å²) in [5.41, 5.74) is 0.578. The van der Waals surface area contributed by atoms with E-state index in [0.717, 1.165) is 4.47 Å². The van der Waals surface area contributed by atoms with Gasteiger partial charge in [-0.15, -0.1) is 0 Å². The quantitative estimate of drug-likeness (QED) is 0.581. The molecule has 0 saturated heterocycles. The van der Waals surface area contributed by atoms with Crippen LogP contribution in [0, 0.1) is 0 Å². The zero-order valence-corrected chi connectivity index (χ0v) is 17.3. The second-order valence-corrected chi connectivity index (χ2v) is 6.48. The summed E-state index contributed by atoms with van der Waals surface area (Å²) >= 11 is 6.38. The highest BCUT2D eigenvalue weighted by Crippen LogP contribution is 2.26. The van der Waals surface area contributed by atoms with Gasteiger partial charge in [0.25, 0.3) is 0 Å². The summed E-state index contributed by atoms with van der Waals surface area (Å²) in [5, 5.41) is 17.5. The van der Waals surface area contributed by atoms with E-state index >= 15 is 0 Å². The van der Waals surface area contributed by atoms with Crippen LogP contribution < -0.4 is 4.74 Å². The number of phenols is 1. The molecule has 0 aliphatic heterocycles. The smallest absolute Gasteiger partial charge is 0.338 e. The second kappa shape index (κ2) is 10.8. The van der Waals surface area contributed by atoms with E-state index in [1.807, 2.05) is 6.92 Å². The maximum Gasteiger partial charge on any atom is 0.338 e. The number of hydrogen-bond acceptors (Lipinski definition) is 5. The van der Waals surface area contributed by atoms with Crippen molar-refractivity contribution in [1.82, 2.24) is 0 Å². The van der Waals surface area contributed by atoms with E-state index in [-0.39, 0.29) is 17.3 Å². The Morgan fingerprint density at radius 3 is 2.12 bits per heavy atom. The minimum atomic E-state index is -1.05. The molecule has 0 aliphatic carbocycles. The molecule has 0 saturated carbocycles. The highest BCUT2D eigenvalue weighted by molar-refractivity contribution is 9.10. The molecule has 2 rings (SSSR count). The lowest BCUT2D eigenvalue weighted by Gasteiger charge is -2.07. The molecule has 0 spiro atoms. The summed E-state index contributed by atoms with van der Waals surface area (Å²) in [6.45, 7) is 4.60. The van der Waals surface area contributed by atoms with Gasteiger partial charge in [0.05, 0.1) is 33.3 Å². The van der Waals surface area contributed by atoms with Crippen LogP contribution in [0.2, 0.25) is 0 Å². The Bertz CT molecular complexity index is 776. The third-order valence-corrected chi connectivity index (χ3v) is 4.26. The molecule has 0 aliphatic rings. The van der Waals surface area contributed by atoms with Gasteiger partial charge in [-0.25, -0.2) is 9.59 Å². The summed E-state index contributed by atoms with van der Waals surface area (Å²) in [6, 6.07) is 9.23. The minimum absolute atomic E-state index is 0.0649. The fourth-order valence-corrected chi connectivity index (χ4v) is 2.36. The Kier molecular flexibility index (Phi) is 9.15. The summed E-state index contributed by atoms with van der Waals surface area (Å²) in [6.07, 6.45) is 0. The van der Waals surface area contributed by atoms with Gasteiger partial charge in [0.15, 0.2) is 0 Å². The Morgan fingerprint density at radius 1 is 0.962 bits per heavy atom. The van der Waals surface area contributed by atoms with E-state index in [1.54, 1.807) is 25.1 Å². The van der Waals surface area contributed by atoms with E-state index in [2.05, 4.69) is 31.9 Å². The summed E-state index contributed by atoms with van der Waals surface area (Å²) < 4.78 is 11.6. The first-order valence-corrected chi connectivity index (χ1v) is 9.20. The van der Waals surface area contributed by atoms with Gasteiger partial charge in [-0.3, -0.25) is 0 Å². The van der Waals surface area contributed by atoms with E-state index in [4.69, 9.17) is 19.7 Å². The topological polar surface area (TPSA) is 93.1 Å². The molecule has 8 heteroatoms. The van der Waals surface area contributed by atoms with Crippen molar-refractivity contribution in [2.75, 3.05) is 13.2 Å². The highest BCUT2D eigenvalue weighted by Gasteiger charge is 2.09. The number of esters is 1. The molecule has 0 atom stereocenters. The molecular weight excluding hydrogens is 472 g/mol. The Hall–Kier alpha value is -2.06. The lowest BCUT2D eigenvalue weighted by molar-refractivity contribution is 0.0525. The van der Waals surface area contributed by atoms with Crippen molar-refractivity contribution >= 4 is 43.8 Å². The number of ether oxygens (including phenoxy) is 2. The number of phenolic OH excluding ortho intramolecular Hbond substituents is 1. The lowest BCUT2D eigenvalue weighted by Crippen LogP contribution is -2.05. The molecule has 0 radical (unpaired) electrons. The van der Waals surface area contributed by atoms with E-state index in [1.165, 1.54) is 18.2 Å². The van der Waals surface area contributed by atoms with Gasteiger partial charge in [-0.2, -0.15) is 0 Å². The fourth-order valence-electron chi connectivity index (χ4n) is 1.76. The van der Waals surface area contributed by atoms with Crippen molar-refractivity contribution in [3.8, 4) is 11.5 Å². The highest BCUT2D eigenvalue weighted by atomic mass is 79.9. The van der Waals surface area contributed by atoms with Crippen LogP contribution in [0.1, 0.15) is 34.6 Å².